The molecule has 1 saturated heterocycles. The molecule has 1 heterocycles. The molecule has 0 bridgehead atoms. The molecule has 2 unspecified atom stereocenters. The molecule has 0 spiro atoms. The number of benzene rings is 1. The van der Waals surface area contributed by atoms with Crippen LogP contribution in [-0.2, 0) is 4.74 Å². The standard InChI is InChI=1S/C16H25FN2O/c1-4-19-7-8-20-15(11-19)10-18-13(3)14-6-5-12(2)16(17)9-14/h5-6,9,13,15,18H,4,7-8,10-11H2,1-3H3. The molecule has 1 aliphatic heterocycles. The molecule has 2 atom stereocenters. The molecule has 1 aromatic rings. The van der Waals surface area contributed by atoms with Gasteiger partial charge in [-0.05, 0) is 37.6 Å². The summed E-state index contributed by atoms with van der Waals surface area (Å²) in [7, 11) is 0. The molecule has 0 saturated carbocycles. The van der Waals surface area contributed by atoms with Gasteiger partial charge in [0.1, 0.15) is 5.82 Å². The molecule has 4 heteroatoms. The number of aryl methyl sites for hydroxylation is 1. The van der Waals surface area contributed by atoms with Crippen LogP contribution in [0.25, 0.3) is 0 Å². The fourth-order valence-electron chi connectivity index (χ4n) is 2.50. The minimum atomic E-state index is -0.137. The number of halogens is 1. The summed E-state index contributed by atoms with van der Waals surface area (Å²) in [6, 6.07) is 5.56. The van der Waals surface area contributed by atoms with Crippen LogP contribution < -0.4 is 5.32 Å². The van der Waals surface area contributed by atoms with E-state index in [0.717, 1.165) is 38.3 Å². The maximum atomic E-state index is 13.6. The summed E-state index contributed by atoms with van der Waals surface area (Å²) in [5.41, 5.74) is 1.67. The van der Waals surface area contributed by atoms with Gasteiger partial charge in [0.25, 0.3) is 0 Å². The van der Waals surface area contributed by atoms with Crippen LogP contribution >= 0.6 is 0 Å². The largest absolute Gasteiger partial charge is 0.374 e. The first-order chi connectivity index (χ1) is 9.60. The van der Waals surface area contributed by atoms with Crippen LogP contribution in [0.4, 0.5) is 4.39 Å². The molecule has 0 aliphatic carbocycles. The van der Waals surface area contributed by atoms with Crippen molar-refractivity contribution in [2.24, 2.45) is 0 Å². The smallest absolute Gasteiger partial charge is 0.126 e. The van der Waals surface area contributed by atoms with Gasteiger partial charge in [-0.2, -0.15) is 0 Å². The molecular weight excluding hydrogens is 255 g/mol. The lowest BCUT2D eigenvalue weighted by Gasteiger charge is -2.32. The molecule has 3 nitrogen and oxygen atoms in total. The Labute approximate surface area is 121 Å². The second-order valence-corrected chi connectivity index (χ2v) is 5.52. The van der Waals surface area contributed by atoms with Crippen molar-refractivity contribution in [2.75, 3.05) is 32.8 Å². The van der Waals surface area contributed by atoms with E-state index in [-0.39, 0.29) is 18.0 Å². The predicted octanol–water partition coefficient (Wildman–Crippen LogP) is 2.51. The maximum absolute atomic E-state index is 13.6. The Bertz CT molecular complexity index is 438. The molecule has 1 aliphatic rings. The SMILES string of the molecule is CCN1CCOC(CNC(C)c2ccc(C)c(F)c2)C1. The van der Waals surface area contributed by atoms with Gasteiger partial charge in [-0.25, -0.2) is 4.39 Å². The van der Waals surface area contributed by atoms with E-state index >= 15 is 0 Å². The van der Waals surface area contributed by atoms with Crippen molar-refractivity contribution < 1.29 is 9.13 Å². The molecule has 20 heavy (non-hydrogen) atoms. The lowest BCUT2D eigenvalue weighted by atomic mass is 10.1. The van der Waals surface area contributed by atoms with Gasteiger partial charge in [0, 0.05) is 25.7 Å². The summed E-state index contributed by atoms with van der Waals surface area (Å²) in [6.07, 6.45) is 0.224. The van der Waals surface area contributed by atoms with Crippen molar-refractivity contribution in [3.8, 4) is 0 Å². The summed E-state index contributed by atoms with van der Waals surface area (Å²) in [6.45, 7) is 10.7. The van der Waals surface area contributed by atoms with Crippen LogP contribution in [0.2, 0.25) is 0 Å². The minimum Gasteiger partial charge on any atom is -0.374 e. The highest BCUT2D eigenvalue weighted by molar-refractivity contribution is 5.25. The fourth-order valence-corrected chi connectivity index (χ4v) is 2.50. The van der Waals surface area contributed by atoms with E-state index in [1.54, 1.807) is 13.0 Å². The zero-order chi connectivity index (χ0) is 14.5. The number of ether oxygens (including phenoxy) is 1. The molecular formula is C16H25FN2O. The van der Waals surface area contributed by atoms with Crippen molar-refractivity contribution in [1.82, 2.24) is 10.2 Å². The lowest BCUT2D eigenvalue weighted by molar-refractivity contribution is -0.0262. The first kappa shape index (κ1) is 15.4. The number of hydrogen-bond donors (Lipinski definition) is 1. The second-order valence-electron chi connectivity index (χ2n) is 5.52. The van der Waals surface area contributed by atoms with Crippen LogP contribution in [-0.4, -0.2) is 43.8 Å². The van der Waals surface area contributed by atoms with Crippen LogP contribution in [0.5, 0.6) is 0 Å². The number of nitrogens with one attached hydrogen (secondary N) is 1. The Hall–Kier alpha value is -0.970. The Balaban J connectivity index is 1.85. The van der Waals surface area contributed by atoms with Crippen molar-refractivity contribution in [2.45, 2.75) is 32.9 Å². The third kappa shape index (κ3) is 4.01. The predicted molar refractivity (Wildman–Crippen MR) is 79.4 cm³/mol. The average molecular weight is 280 g/mol. The molecule has 1 aromatic carbocycles. The summed E-state index contributed by atoms with van der Waals surface area (Å²) >= 11 is 0. The highest BCUT2D eigenvalue weighted by atomic mass is 19.1. The molecule has 0 radical (unpaired) electrons. The van der Waals surface area contributed by atoms with Crippen molar-refractivity contribution >= 4 is 0 Å². The number of nitrogens with zero attached hydrogens (tertiary/aromatic N) is 1. The van der Waals surface area contributed by atoms with E-state index < -0.39 is 0 Å². The van der Waals surface area contributed by atoms with E-state index in [1.807, 2.05) is 12.1 Å². The molecule has 2 rings (SSSR count). The van der Waals surface area contributed by atoms with Gasteiger partial charge in [-0.3, -0.25) is 4.90 Å². The van der Waals surface area contributed by atoms with Crippen LogP contribution in [0.3, 0.4) is 0 Å². The number of morpholine rings is 1. The number of rotatable bonds is 5. The topological polar surface area (TPSA) is 24.5 Å². The molecule has 0 aromatic heterocycles. The van der Waals surface area contributed by atoms with Gasteiger partial charge in [-0.15, -0.1) is 0 Å². The molecule has 0 amide bonds. The van der Waals surface area contributed by atoms with Gasteiger partial charge in [0.05, 0.1) is 12.7 Å². The van der Waals surface area contributed by atoms with Crippen molar-refractivity contribution in [3.63, 3.8) is 0 Å². The van der Waals surface area contributed by atoms with Gasteiger partial charge in [0.2, 0.25) is 0 Å². The van der Waals surface area contributed by atoms with Crippen LogP contribution in [0, 0.1) is 12.7 Å². The quantitative estimate of drug-likeness (QED) is 0.897. The normalized spacial score (nSPS) is 21.9. The van der Waals surface area contributed by atoms with Crippen LogP contribution in [0.15, 0.2) is 18.2 Å². The first-order valence-corrected chi connectivity index (χ1v) is 7.43. The van der Waals surface area contributed by atoms with Crippen molar-refractivity contribution in [1.29, 1.82) is 0 Å². The average Bonchev–Trinajstić information content (AvgIpc) is 2.47. The van der Waals surface area contributed by atoms with Gasteiger partial charge < -0.3 is 10.1 Å². The van der Waals surface area contributed by atoms with Crippen molar-refractivity contribution in [3.05, 3.63) is 35.1 Å². The van der Waals surface area contributed by atoms with E-state index in [0.29, 0.717) is 5.56 Å². The first-order valence-electron chi connectivity index (χ1n) is 7.43. The Morgan fingerprint density at radius 3 is 3.00 bits per heavy atom. The molecule has 1 fully saturated rings. The summed E-state index contributed by atoms with van der Waals surface area (Å²) < 4.78 is 19.3. The minimum absolute atomic E-state index is 0.130. The third-order valence-corrected chi connectivity index (χ3v) is 4.02. The second kappa shape index (κ2) is 7.16. The highest BCUT2D eigenvalue weighted by Gasteiger charge is 2.19. The number of hydrogen-bond acceptors (Lipinski definition) is 3. The zero-order valence-electron chi connectivity index (χ0n) is 12.7. The van der Waals surface area contributed by atoms with Gasteiger partial charge >= 0.3 is 0 Å². The fraction of sp³-hybridized carbons (Fsp3) is 0.625. The Morgan fingerprint density at radius 2 is 2.30 bits per heavy atom. The number of likely N-dealkylation sites (N-methyl/N-ethyl adjacent to an activating group) is 1. The Kier molecular flexibility index (Phi) is 5.52. The third-order valence-electron chi connectivity index (χ3n) is 4.02. The van der Waals surface area contributed by atoms with E-state index in [4.69, 9.17) is 4.74 Å². The summed E-state index contributed by atoms with van der Waals surface area (Å²) in [5.74, 6) is -0.137. The summed E-state index contributed by atoms with van der Waals surface area (Å²) in [5, 5.41) is 3.44. The van der Waals surface area contributed by atoms with E-state index in [1.165, 1.54) is 0 Å². The lowest BCUT2D eigenvalue weighted by Crippen LogP contribution is -2.46. The maximum Gasteiger partial charge on any atom is 0.126 e. The molecule has 112 valence electrons. The highest BCUT2D eigenvalue weighted by Crippen LogP contribution is 2.16. The molecule has 1 N–H and O–H groups in total. The van der Waals surface area contributed by atoms with Gasteiger partial charge in [-0.1, -0.05) is 19.1 Å². The zero-order valence-corrected chi connectivity index (χ0v) is 12.7. The monoisotopic (exact) mass is 280 g/mol. The van der Waals surface area contributed by atoms with Gasteiger partial charge in [0.15, 0.2) is 0 Å². The Morgan fingerprint density at radius 1 is 1.50 bits per heavy atom. The van der Waals surface area contributed by atoms with E-state index in [2.05, 4.69) is 24.1 Å². The van der Waals surface area contributed by atoms with Crippen LogP contribution in [0.1, 0.15) is 31.0 Å². The summed E-state index contributed by atoms with van der Waals surface area (Å²) in [4.78, 5) is 2.39. The van der Waals surface area contributed by atoms with E-state index in [9.17, 15) is 4.39 Å².